The summed E-state index contributed by atoms with van der Waals surface area (Å²) >= 11 is 0. The van der Waals surface area contributed by atoms with E-state index in [0.717, 1.165) is 31.9 Å². The quantitative estimate of drug-likeness (QED) is 0.745. The van der Waals surface area contributed by atoms with Crippen molar-refractivity contribution in [1.82, 2.24) is 4.90 Å². The first-order valence-electron chi connectivity index (χ1n) is 8.53. The van der Waals surface area contributed by atoms with Gasteiger partial charge in [-0.25, -0.2) is 13.2 Å². The standard InChI is InChI=1S/C18H25NO5S/c1-14(17(20)19-11-5-3-4-6-12-19)24-18(21)16-9-7-15(8-10-16)13-25(2,22)23/h7-10,14H,3-6,11-13H2,1-2H3/t14-/m1/s1. The maximum atomic E-state index is 12.4. The smallest absolute Gasteiger partial charge is 0.338 e. The van der Waals surface area contributed by atoms with Crippen LogP contribution in [0.25, 0.3) is 0 Å². The van der Waals surface area contributed by atoms with E-state index in [1.165, 1.54) is 12.1 Å². The molecule has 7 heteroatoms. The molecule has 1 aromatic carbocycles. The monoisotopic (exact) mass is 367 g/mol. The van der Waals surface area contributed by atoms with E-state index < -0.39 is 21.9 Å². The van der Waals surface area contributed by atoms with Crippen molar-refractivity contribution in [2.24, 2.45) is 0 Å². The van der Waals surface area contributed by atoms with Crippen LogP contribution in [0.5, 0.6) is 0 Å². The molecule has 0 radical (unpaired) electrons. The Hall–Kier alpha value is -1.89. The molecule has 0 aromatic heterocycles. The third-order valence-electron chi connectivity index (χ3n) is 4.17. The third kappa shape index (κ3) is 6.16. The van der Waals surface area contributed by atoms with Crippen LogP contribution in [0.15, 0.2) is 24.3 Å². The van der Waals surface area contributed by atoms with E-state index in [-0.39, 0.29) is 11.7 Å². The number of sulfone groups is 1. The zero-order valence-electron chi connectivity index (χ0n) is 14.7. The second-order valence-electron chi connectivity index (χ2n) is 6.55. The molecule has 138 valence electrons. The fourth-order valence-electron chi connectivity index (χ4n) is 2.87. The minimum atomic E-state index is -3.12. The number of carbonyl (C=O) groups excluding carboxylic acids is 2. The lowest BCUT2D eigenvalue weighted by Crippen LogP contribution is -2.40. The highest BCUT2D eigenvalue weighted by atomic mass is 32.2. The van der Waals surface area contributed by atoms with Crippen molar-refractivity contribution in [2.75, 3.05) is 19.3 Å². The zero-order chi connectivity index (χ0) is 18.4. The van der Waals surface area contributed by atoms with Crippen molar-refractivity contribution >= 4 is 21.7 Å². The van der Waals surface area contributed by atoms with Gasteiger partial charge < -0.3 is 9.64 Å². The van der Waals surface area contributed by atoms with Gasteiger partial charge in [0, 0.05) is 19.3 Å². The Labute approximate surface area is 149 Å². The maximum Gasteiger partial charge on any atom is 0.338 e. The highest BCUT2D eigenvalue weighted by Crippen LogP contribution is 2.14. The van der Waals surface area contributed by atoms with Crippen LogP contribution in [0.3, 0.4) is 0 Å². The average molecular weight is 367 g/mol. The number of hydrogen-bond acceptors (Lipinski definition) is 5. The highest BCUT2D eigenvalue weighted by Gasteiger charge is 2.24. The molecule has 1 atom stereocenters. The van der Waals surface area contributed by atoms with Crippen LogP contribution in [-0.2, 0) is 25.1 Å². The van der Waals surface area contributed by atoms with Crippen LogP contribution >= 0.6 is 0 Å². The van der Waals surface area contributed by atoms with Crippen LogP contribution in [0.1, 0.15) is 48.5 Å². The number of amides is 1. The molecule has 1 heterocycles. The Morgan fingerprint density at radius 3 is 2.16 bits per heavy atom. The largest absolute Gasteiger partial charge is 0.449 e. The van der Waals surface area contributed by atoms with Crippen LogP contribution < -0.4 is 0 Å². The molecular weight excluding hydrogens is 342 g/mol. The predicted octanol–water partition coefficient (Wildman–Crippen LogP) is 2.18. The fourth-order valence-corrected chi connectivity index (χ4v) is 3.66. The molecule has 0 unspecified atom stereocenters. The molecular formula is C18H25NO5S. The summed E-state index contributed by atoms with van der Waals surface area (Å²) in [6.45, 7) is 3.00. The summed E-state index contributed by atoms with van der Waals surface area (Å²) in [5.41, 5.74) is 0.903. The number of hydrogen-bond donors (Lipinski definition) is 0. The second-order valence-corrected chi connectivity index (χ2v) is 8.69. The van der Waals surface area contributed by atoms with Gasteiger partial charge in [-0.1, -0.05) is 25.0 Å². The average Bonchev–Trinajstić information content (AvgIpc) is 2.82. The Morgan fingerprint density at radius 1 is 1.08 bits per heavy atom. The first-order chi connectivity index (χ1) is 11.8. The Balaban J connectivity index is 1.95. The lowest BCUT2D eigenvalue weighted by Gasteiger charge is -2.24. The molecule has 0 saturated carbocycles. The molecule has 0 aliphatic carbocycles. The third-order valence-corrected chi connectivity index (χ3v) is 5.03. The molecule has 1 fully saturated rings. The number of nitrogens with zero attached hydrogens (tertiary/aromatic N) is 1. The molecule has 1 saturated heterocycles. The van der Waals surface area contributed by atoms with E-state index >= 15 is 0 Å². The first kappa shape index (κ1) is 19.4. The molecule has 0 spiro atoms. The molecule has 1 amide bonds. The van der Waals surface area contributed by atoms with Gasteiger partial charge >= 0.3 is 5.97 Å². The minimum Gasteiger partial charge on any atom is -0.449 e. The predicted molar refractivity (Wildman–Crippen MR) is 94.9 cm³/mol. The number of esters is 1. The SMILES string of the molecule is C[C@@H](OC(=O)c1ccc(CS(C)(=O)=O)cc1)C(=O)N1CCCCCC1. The number of likely N-dealkylation sites (tertiary alicyclic amines) is 1. The second kappa shape index (κ2) is 8.47. The van der Waals surface area contributed by atoms with Crippen molar-refractivity contribution < 1.29 is 22.7 Å². The van der Waals surface area contributed by atoms with E-state index in [1.807, 2.05) is 0 Å². The molecule has 0 bridgehead atoms. The van der Waals surface area contributed by atoms with Gasteiger partial charge in [-0.3, -0.25) is 4.79 Å². The molecule has 1 aliphatic rings. The number of benzene rings is 1. The molecule has 1 aliphatic heterocycles. The highest BCUT2D eigenvalue weighted by molar-refractivity contribution is 7.89. The number of carbonyl (C=O) groups is 2. The van der Waals surface area contributed by atoms with Crippen LogP contribution in [0.4, 0.5) is 0 Å². The van der Waals surface area contributed by atoms with E-state index in [9.17, 15) is 18.0 Å². The van der Waals surface area contributed by atoms with Crippen molar-refractivity contribution in [2.45, 2.75) is 44.5 Å². The summed E-state index contributed by atoms with van der Waals surface area (Å²) in [5, 5.41) is 0. The van der Waals surface area contributed by atoms with Crippen molar-refractivity contribution in [1.29, 1.82) is 0 Å². The van der Waals surface area contributed by atoms with Crippen molar-refractivity contribution in [3.8, 4) is 0 Å². The Bertz CT molecular complexity index is 703. The first-order valence-corrected chi connectivity index (χ1v) is 10.6. The summed E-state index contributed by atoms with van der Waals surface area (Å²) in [6.07, 6.45) is 4.53. The van der Waals surface area contributed by atoms with E-state index in [0.29, 0.717) is 24.2 Å². The Kier molecular flexibility index (Phi) is 6.58. The van der Waals surface area contributed by atoms with Crippen LogP contribution in [0.2, 0.25) is 0 Å². The van der Waals surface area contributed by atoms with Gasteiger partial charge in [-0.2, -0.15) is 0 Å². The van der Waals surface area contributed by atoms with Gasteiger partial charge in [0.05, 0.1) is 11.3 Å². The van der Waals surface area contributed by atoms with Gasteiger partial charge in [-0.05, 0) is 37.5 Å². The number of rotatable bonds is 5. The van der Waals surface area contributed by atoms with Crippen molar-refractivity contribution in [3.63, 3.8) is 0 Å². The molecule has 1 aromatic rings. The molecule has 0 N–H and O–H groups in total. The fraction of sp³-hybridized carbons (Fsp3) is 0.556. The molecule has 6 nitrogen and oxygen atoms in total. The summed E-state index contributed by atoms with van der Waals surface area (Å²) in [4.78, 5) is 26.4. The van der Waals surface area contributed by atoms with Gasteiger partial charge in [0.1, 0.15) is 0 Å². The van der Waals surface area contributed by atoms with Crippen LogP contribution in [0, 0.1) is 0 Å². The van der Waals surface area contributed by atoms with E-state index in [2.05, 4.69) is 0 Å². The van der Waals surface area contributed by atoms with Crippen molar-refractivity contribution in [3.05, 3.63) is 35.4 Å². The summed E-state index contributed by atoms with van der Waals surface area (Å²) in [6, 6.07) is 6.20. The van der Waals surface area contributed by atoms with Crippen LogP contribution in [-0.4, -0.2) is 50.6 Å². The topological polar surface area (TPSA) is 80.8 Å². The molecule has 25 heavy (non-hydrogen) atoms. The maximum absolute atomic E-state index is 12.4. The van der Waals surface area contributed by atoms with Gasteiger partial charge in [0.15, 0.2) is 15.9 Å². The van der Waals surface area contributed by atoms with Gasteiger partial charge in [-0.15, -0.1) is 0 Å². The molecule has 2 rings (SSSR count). The van der Waals surface area contributed by atoms with E-state index in [1.54, 1.807) is 24.0 Å². The lowest BCUT2D eigenvalue weighted by atomic mass is 10.1. The van der Waals surface area contributed by atoms with E-state index in [4.69, 9.17) is 4.74 Å². The zero-order valence-corrected chi connectivity index (χ0v) is 15.5. The summed E-state index contributed by atoms with van der Waals surface area (Å²) < 4.78 is 27.8. The Morgan fingerprint density at radius 2 is 1.64 bits per heavy atom. The van der Waals surface area contributed by atoms with Gasteiger partial charge in [0.2, 0.25) is 0 Å². The van der Waals surface area contributed by atoms with Gasteiger partial charge in [0.25, 0.3) is 5.91 Å². The minimum absolute atomic E-state index is 0.0772. The summed E-state index contributed by atoms with van der Waals surface area (Å²) in [7, 11) is -3.12. The normalized spacial score (nSPS) is 16.8. The number of ether oxygens (including phenoxy) is 1. The lowest BCUT2D eigenvalue weighted by molar-refractivity contribution is -0.139. The summed E-state index contributed by atoms with van der Waals surface area (Å²) in [5.74, 6) is -0.822.